The molecule has 2 heterocycles. The van der Waals surface area contributed by atoms with E-state index in [2.05, 4.69) is 20.3 Å². The first kappa shape index (κ1) is 20.9. The van der Waals surface area contributed by atoms with E-state index < -0.39 is 46.9 Å². The number of nitrogens with one attached hydrogen (secondary N) is 2. The van der Waals surface area contributed by atoms with E-state index in [1.165, 1.54) is 12.4 Å². The lowest BCUT2D eigenvalue weighted by atomic mass is 10.0. The van der Waals surface area contributed by atoms with Crippen molar-refractivity contribution in [2.24, 2.45) is 0 Å². The topological polar surface area (TPSA) is 112 Å². The van der Waals surface area contributed by atoms with Crippen LogP contribution in [0.2, 0.25) is 0 Å². The number of H-pyrrole nitrogens is 1. The van der Waals surface area contributed by atoms with Crippen LogP contribution in [0.5, 0.6) is 0 Å². The molecule has 0 spiro atoms. The summed E-state index contributed by atoms with van der Waals surface area (Å²) in [5, 5.41) is 10.7. The standard InChI is InChI=1S/C19H13F4N5O2/c1-9(17-25-7-10(6-24)8-26-17)27-15(29)5-11-4-12-14(28-18(11)30)3-2-13(20)16(12)19(21,22)23/h2-4,7-9H,5H2,1H3,(H,27,29)(H,28,30)/t9-/m1/s1. The van der Waals surface area contributed by atoms with Crippen molar-refractivity contribution in [2.75, 3.05) is 0 Å². The number of pyridine rings is 1. The van der Waals surface area contributed by atoms with Gasteiger partial charge in [0.1, 0.15) is 23.3 Å². The van der Waals surface area contributed by atoms with E-state index in [1.807, 2.05) is 6.07 Å². The third kappa shape index (κ3) is 4.27. The molecule has 0 aliphatic heterocycles. The minimum absolute atomic E-state index is 0.197. The highest BCUT2D eigenvalue weighted by Gasteiger charge is 2.36. The number of aromatic amines is 1. The lowest BCUT2D eigenvalue weighted by Gasteiger charge is -2.14. The SMILES string of the molecule is C[C@@H](NC(=O)Cc1cc2c(C(F)(F)F)c(F)ccc2[nH]c1=O)c1ncc(C#N)cn1. The zero-order valence-corrected chi connectivity index (χ0v) is 15.3. The van der Waals surface area contributed by atoms with Crippen LogP contribution in [-0.4, -0.2) is 20.9 Å². The van der Waals surface area contributed by atoms with Crippen LogP contribution in [-0.2, 0) is 17.4 Å². The number of nitriles is 1. The normalized spacial score (nSPS) is 12.4. The first-order valence-electron chi connectivity index (χ1n) is 8.53. The smallest absolute Gasteiger partial charge is 0.346 e. The molecule has 1 atom stereocenters. The minimum atomic E-state index is -4.98. The summed E-state index contributed by atoms with van der Waals surface area (Å²) in [7, 11) is 0. The summed E-state index contributed by atoms with van der Waals surface area (Å²) in [6.07, 6.45) is -2.99. The molecule has 0 aliphatic rings. The van der Waals surface area contributed by atoms with Gasteiger partial charge in [-0.1, -0.05) is 0 Å². The van der Waals surface area contributed by atoms with Crippen molar-refractivity contribution in [2.45, 2.75) is 25.6 Å². The number of amides is 1. The van der Waals surface area contributed by atoms with Gasteiger partial charge in [0.15, 0.2) is 0 Å². The number of nitrogens with zero attached hydrogens (tertiary/aromatic N) is 3. The monoisotopic (exact) mass is 419 g/mol. The van der Waals surface area contributed by atoms with Crippen LogP contribution in [0.1, 0.15) is 35.5 Å². The van der Waals surface area contributed by atoms with Gasteiger partial charge in [0, 0.05) is 28.9 Å². The molecule has 1 aromatic carbocycles. The second kappa shape index (κ2) is 7.90. The van der Waals surface area contributed by atoms with Gasteiger partial charge < -0.3 is 10.3 Å². The van der Waals surface area contributed by atoms with Gasteiger partial charge in [-0.05, 0) is 25.1 Å². The van der Waals surface area contributed by atoms with Crippen molar-refractivity contribution in [3.8, 4) is 6.07 Å². The number of benzene rings is 1. The van der Waals surface area contributed by atoms with Gasteiger partial charge in [-0.3, -0.25) is 9.59 Å². The number of aromatic nitrogens is 3. The number of halogens is 4. The third-order valence-corrected chi connectivity index (χ3v) is 4.25. The summed E-state index contributed by atoms with van der Waals surface area (Å²) in [5.74, 6) is -1.95. The molecule has 0 aliphatic carbocycles. The van der Waals surface area contributed by atoms with Gasteiger partial charge in [-0.15, -0.1) is 0 Å². The van der Waals surface area contributed by atoms with E-state index in [9.17, 15) is 27.2 Å². The average molecular weight is 419 g/mol. The van der Waals surface area contributed by atoms with Crippen LogP contribution in [0.3, 0.4) is 0 Å². The molecule has 0 unspecified atom stereocenters. The second-order valence-corrected chi connectivity index (χ2v) is 6.41. The predicted octanol–water partition coefficient (Wildman–Crippen LogP) is 2.77. The van der Waals surface area contributed by atoms with E-state index in [0.29, 0.717) is 6.07 Å². The predicted molar refractivity (Wildman–Crippen MR) is 96.5 cm³/mol. The highest BCUT2D eigenvalue weighted by molar-refractivity contribution is 5.85. The molecule has 30 heavy (non-hydrogen) atoms. The number of rotatable bonds is 4. The molecule has 3 rings (SSSR count). The number of alkyl halides is 3. The van der Waals surface area contributed by atoms with Crippen LogP contribution >= 0.6 is 0 Å². The van der Waals surface area contributed by atoms with Gasteiger partial charge >= 0.3 is 6.18 Å². The summed E-state index contributed by atoms with van der Waals surface area (Å²) in [5.41, 5.74) is -2.51. The fourth-order valence-electron chi connectivity index (χ4n) is 2.86. The van der Waals surface area contributed by atoms with Crippen molar-refractivity contribution in [1.29, 1.82) is 5.26 Å². The molecule has 7 nitrogen and oxygen atoms in total. The van der Waals surface area contributed by atoms with Gasteiger partial charge in [0.05, 0.1) is 18.0 Å². The van der Waals surface area contributed by atoms with Crippen LogP contribution < -0.4 is 10.9 Å². The van der Waals surface area contributed by atoms with Crippen LogP contribution in [0.15, 0.2) is 35.4 Å². The van der Waals surface area contributed by atoms with Gasteiger partial charge in [-0.25, -0.2) is 14.4 Å². The molecule has 3 aromatic rings. The Bertz CT molecular complexity index is 1210. The van der Waals surface area contributed by atoms with Gasteiger partial charge in [-0.2, -0.15) is 18.4 Å². The maximum atomic E-state index is 13.8. The van der Waals surface area contributed by atoms with E-state index in [-0.39, 0.29) is 22.5 Å². The third-order valence-electron chi connectivity index (χ3n) is 4.25. The average Bonchev–Trinajstić information content (AvgIpc) is 2.67. The lowest BCUT2D eigenvalue weighted by Crippen LogP contribution is -2.31. The molecule has 11 heteroatoms. The zero-order valence-electron chi connectivity index (χ0n) is 15.3. The van der Waals surface area contributed by atoms with E-state index in [0.717, 1.165) is 12.1 Å². The van der Waals surface area contributed by atoms with E-state index >= 15 is 0 Å². The number of fused-ring (bicyclic) bond motifs is 1. The molecular formula is C19H13F4N5O2. The largest absolute Gasteiger partial charge is 0.419 e. The van der Waals surface area contributed by atoms with Crippen molar-refractivity contribution in [3.63, 3.8) is 0 Å². The summed E-state index contributed by atoms with van der Waals surface area (Å²) in [6.45, 7) is 1.56. The number of hydrogen-bond donors (Lipinski definition) is 2. The number of carbonyl (C=O) groups excluding carboxylic acids is 1. The van der Waals surface area contributed by atoms with Crippen molar-refractivity contribution >= 4 is 16.8 Å². The van der Waals surface area contributed by atoms with E-state index in [4.69, 9.17) is 5.26 Å². The van der Waals surface area contributed by atoms with Crippen molar-refractivity contribution in [3.05, 3.63) is 69.3 Å². The Labute approximate surface area is 166 Å². The lowest BCUT2D eigenvalue weighted by molar-refractivity contribution is -0.138. The van der Waals surface area contributed by atoms with E-state index in [1.54, 1.807) is 6.92 Å². The van der Waals surface area contributed by atoms with Crippen molar-refractivity contribution in [1.82, 2.24) is 20.3 Å². The van der Waals surface area contributed by atoms with Crippen LogP contribution in [0.25, 0.3) is 10.9 Å². The Morgan fingerprint density at radius 1 is 1.30 bits per heavy atom. The summed E-state index contributed by atoms with van der Waals surface area (Å²) in [6, 6.07) is 3.67. The molecule has 0 fully saturated rings. The molecule has 0 radical (unpaired) electrons. The second-order valence-electron chi connectivity index (χ2n) is 6.41. The Balaban J connectivity index is 1.87. The molecule has 2 N–H and O–H groups in total. The Kier molecular flexibility index (Phi) is 5.51. The highest BCUT2D eigenvalue weighted by Crippen LogP contribution is 2.36. The highest BCUT2D eigenvalue weighted by atomic mass is 19.4. The van der Waals surface area contributed by atoms with Crippen LogP contribution in [0, 0.1) is 17.1 Å². The Morgan fingerprint density at radius 2 is 1.97 bits per heavy atom. The number of carbonyl (C=O) groups is 1. The minimum Gasteiger partial charge on any atom is -0.346 e. The molecular weight excluding hydrogens is 406 g/mol. The van der Waals surface area contributed by atoms with Gasteiger partial charge in [0.25, 0.3) is 5.56 Å². The fraction of sp³-hybridized carbons (Fsp3) is 0.211. The van der Waals surface area contributed by atoms with Gasteiger partial charge in [0.2, 0.25) is 5.91 Å². The van der Waals surface area contributed by atoms with Crippen molar-refractivity contribution < 1.29 is 22.4 Å². The fourth-order valence-corrected chi connectivity index (χ4v) is 2.86. The molecule has 0 bridgehead atoms. The molecule has 2 aromatic heterocycles. The Morgan fingerprint density at radius 3 is 2.57 bits per heavy atom. The number of hydrogen-bond acceptors (Lipinski definition) is 5. The van der Waals surface area contributed by atoms with Crippen LogP contribution in [0.4, 0.5) is 17.6 Å². The zero-order chi connectivity index (χ0) is 22.1. The quantitative estimate of drug-likeness (QED) is 0.632. The molecule has 0 saturated carbocycles. The maximum absolute atomic E-state index is 13.8. The summed E-state index contributed by atoms with van der Waals surface area (Å²) >= 11 is 0. The summed E-state index contributed by atoms with van der Waals surface area (Å²) < 4.78 is 53.5. The Hall–Kier alpha value is -3.81. The first-order valence-corrected chi connectivity index (χ1v) is 8.53. The first-order chi connectivity index (χ1) is 14.1. The molecule has 1 amide bonds. The molecule has 154 valence electrons. The molecule has 0 saturated heterocycles. The maximum Gasteiger partial charge on any atom is 0.419 e. The summed E-state index contributed by atoms with van der Waals surface area (Å²) in [4.78, 5) is 34.6.